The van der Waals surface area contributed by atoms with Crippen molar-refractivity contribution in [2.24, 2.45) is 7.05 Å². The van der Waals surface area contributed by atoms with Gasteiger partial charge in [-0.2, -0.15) is 0 Å². The van der Waals surface area contributed by atoms with Crippen molar-refractivity contribution in [3.05, 3.63) is 58.3 Å². The second-order valence-corrected chi connectivity index (χ2v) is 5.56. The largest absolute Gasteiger partial charge is 0.496 e. The van der Waals surface area contributed by atoms with Gasteiger partial charge >= 0.3 is 0 Å². The van der Waals surface area contributed by atoms with Gasteiger partial charge in [0, 0.05) is 24.2 Å². The molecule has 0 amide bonds. The highest BCUT2D eigenvalue weighted by molar-refractivity contribution is 5.97. The third-order valence-electron chi connectivity index (χ3n) is 4.12. The normalized spacial score (nSPS) is 10.7. The summed E-state index contributed by atoms with van der Waals surface area (Å²) in [6.45, 7) is 0. The SMILES string of the molecule is COc1cc(-c2cn(C)c(=O)c3ccc(F)cc23)cc(OC)c1C=O. The number of aromatic nitrogens is 1. The molecule has 0 aliphatic heterocycles. The maximum Gasteiger partial charge on any atom is 0.258 e. The number of nitrogens with zero attached hydrogens (tertiary/aromatic N) is 1. The summed E-state index contributed by atoms with van der Waals surface area (Å²) < 4.78 is 25.8. The molecule has 0 atom stereocenters. The fourth-order valence-corrected chi connectivity index (χ4v) is 2.88. The van der Waals surface area contributed by atoms with Crippen LogP contribution in [-0.4, -0.2) is 25.1 Å². The summed E-state index contributed by atoms with van der Waals surface area (Å²) in [5.41, 5.74) is 1.34. The third-order valence-corrected chi connectivity index (χ3v) is 4.12. The van der Waals surface area contributed by atoms with Gasteiger partial charge in [-0.25, -0.2) is 4.39 Å². The van der Waals surface area contributed by atoms with Crippen LogP contribution in [0.2, 0.25) is 0 Å². The molecule has 5 nitrogen and oxygen atoms in total. The molecular formula is C19H16FNO4. The summed E-state index contributed by atoms with van der Waals surface area (Å²) in [5, 5.41) is 0.879. The van der Waals surface area contributed by atoms with Crippen LogP contribution in [0.3, 0.4) is 0 Å². The van der Waals surface area contributed by atoms with Crippen LogP contribution >= 0.6 is 0 Å². The highest BCUT2D eigenvalue weighted by Crippen LogP contribution is 2.36. The minimum absolute atomic E-state index is 0.220. The summed E-state index contributed by atoms with van der Waals surface area (Å²) in [7, 11) is 4.52. The lowest BCUT2D eigenvalue weighted by Gasteiger charge is -2.14. The molecule has 3 rings (SSSR count). The van der Waals surface area contributed by atoms with Crippen LogP contribution in [0.4, 0.5) is 4.39 Å². The summed E-state index contributed by atoms with van der Waals surface area (Å²) in [4.78, 5) is 23.6. The van der Waals surface area contributed by atoms with Crippen LogP contribution < -0.4 is 15.0 Å². The van der Waals surface area contributed by atoms with Gasteiger partial charge < -0.3 is 14.0 Å². The second-order valence-electron chi connectivity index (χ2n) is 5.56. The number of halogens is 1. The highest BCUT2D eigenvalue weighted by Gasteiger charge is 2.16. The topological polar surface area (TPSA) is 57.5 Å². The number of aryl methyl sites for hydroxylation is 1. The Balaban J connectivity index is 2.41. The van der Waals surface area contributed by atoms with Crippen LogP contribution in [0, 0.1) is 5.82 Å². The first-order valence-electron chi connectivity index (χ1n) is 7.50. The molecule has 2 aromatic carbocycles. The number of carbonyl (C=O) groups is 1. The van der Waals surface area contributed by atoms with Crippen molar-refractivity contribution in [1.29, 1.82) is 0 Å². The fraction of sp³-hybridized carbons (Fsp3) is 0.158. The maximum absolute atomic E-state index is 13.8. The van der Waals surface area contributed by atoms with Crippen molar-refractivity contribution < 1.29 is 18.7 Å². The van der Waals surface area contributed by atoms with E-state index in [2.05, 4.69) is 0 Å². The van der Waals surface area contributed by atoms with Gasteiger partial charge in [-0.1, -0.05) is 0 Å². The van der Waals surface area contributed by atoms with Crippen molar-refractivity contribution in [3.8, 4) is 22.6 Å². The summed E-state index contributed by atoms with van der Waals surface area (Å²) in [6.07, 6.45) is 2.28. The summed E-state index contributed by atoms with van der Waals surface area (Å²) in [6, 6.07) is 7.36. The minimum atomic E-state index is -0.439. The molecule has 3 aromatic rings. The van der Waals surface area contributed by atoms with Gasteiger partial charge in [-0.05, 0) is 41.3 Å². The lowest BCUT2D eigenvalue weighted by molar-refractivity contribution is 0.111. The Kier molecular flexibility index (Phi) is 4.27. The molecule has 1 heterocycles. The Hall–Kier alpha value is -3.15. The molecule has 1 aromatic heterocycles. The number of carbonyl (C=O) groups excluding carboxylic acids is 1. The van der Waals surface area contributed by atoms with E-state index in [1.165, 1.54) is 37.0 Å². The van der Waals surface area contributed by atoms with Crippen LogP contribution in [-0.2, 0) is 7.05 Å². The van der Waals surface area contributed by atoms with Crippen molar-refractivity contribution >= 4 is 17.1 Å². The number of ether oxygens (including phenoxy) is 2. The number of hydrogen-bond donors (Lipinski definition) is 0. The standard InChI is InChI=1S/C19H16FNO4/c1-21-9-15(14-8-12(20)4-5-13(14)19(21)23)11-6-17(24-2)16(10-22)18(7-11)25-3/h4-10H,1-3H3. The smallest absolute Gasteiger partial charge is 0.258 e. The van der Waals surface area contributed by atoms with E-state index in [9.17, 15) is 14.0 Å². The Morgan fingerprint density at radius 2 is 1.68 bits per heavy atom. The van der Waals surface area contributed by atoms with Crippen molar-refractivity contribution in [2.75, 3.05) is 14.2 Å². The van der Waals surface area contributed by atoms with Crippen LogP contribution in [0.25, 0.3) is 21.9 Å². The average Bonchev–Trinajstić information content (AvgIpc) is 2.63. The first-order chi connectivity index (χ1) is 12.0. The van der Waals surface area contributed by atoms with E-state index in [1.807, 2.05) is 0 Å². The van der Waals surface area contributed by atoms with Gasteiger partial charge in [0.1, 0.15) is 17.3 Å². The monoisotopic (exact) mass is 341 g/mol. The molecule has 0 saturated heterocycles. The van der Waals surface area contributed by atoms with E-state index in [0.717, 1.165) is 0 Å². The van der Waals surface area contributed by atoms with Gasteiger partial charge in [0.2, 0.25) is 0 Å². The molecule has 0 spiro atoms. The number of benzene rings is 2. The van der Waals surface area contributed by atoms with Crippen molar-refractivity contribution in [1.82, 2.24) is 4.57 Å². The molecule has 6 heteroatoms. The molecule has 128 valence electrons. The quantitative estimate of drug-likeness (QED) is 0.684. The lowest BCUT2D eigenvalue weighted by atomic mass is 9.98. The Morgan fingerprint density at radius 3 is 2.24 bits per heavy atom. The summed E-state index contributed by atoms with van der Waals surface area (Å²) >= 11 is 0. The first-order valence-corrected chi connectivity index (χ1v) is 7.50. The Morgan fingerprint density at radius 1 is 1.04 bits per heavy atom. The van der Waals surface area contributed by atoms with Crippen LogP contribution in [0.5, 0.6) is 11.5 Å². The molecule has 0 unspecified atom stereocenters. The predicted octanol–water partition coefficient (Wildman–Crippen LogP) is 3.17. The van der Waals surface area contributed by atoms with Gasteiger partial charge in [0.05, 0.1) is 19.8 Å². The number of methoxy groups -OCH3 is 2. The molecule has 0 saturated carbocycles. The molecule has 0 aliphatic rings. The van der Waals surface area contributed by atoms with Crippen LogP contribution in [0.1, 0.15) is 10.4 Å². The van der Waals surface area contributed by atoms with E-state index in [0.29, 0.717) is 39.7 Å². The number of fused-ring (bicyclic) bond motifs is 1. The predicted molar refractivity (Wildman–Crippen MR) is 93.1 cm³/mol. The molecule has 0 fully saturated rings. The van der Waals surface area contributed by atoms with Gasteiger partial charge in [0.25, 0.3) is 5.56 Å². The second kappa shape index (κ2) is 6.39. The zero-order valence-electron chi connectivity index (χ0n) is 14.0. The lowest BCUT2D eigenvalue weighted by Crippen LogP contribution is -2.16. The molecular weight excluding hydrogens is 325 g/mol. The van der Waals surface area contributed by atoms with Crippen LogP contribution in [0.15, 0.2) is 41.3 Å². The molecule has 25 heavy (non-hydrogen) atoms. The van der Waals surface area contributed by atoms with Crippen molar-refractivity contribution in [2.45, 2.75) is 0 Å². The fourth-order valence-electron chi connectivity index (χ4n) is 2.88. The molecule has 0 bridgehead atoms. The zero-order chi connectivity index (χ0) is 18.1. The van der Waals surface area contributed by atoms with E-state index < -0.39 is 5.82 Å². The highest BCUT2D eigenvalue weighted by atomic mass is 19.1. The average molecular weight is 341 g/mol. The van der Waals surface area contributed by atoms with Crippen molar-refractivity contribution in [3.63, 3.8) is 0 Å². The third kappa shape index (κ3) is 2.76. The van der Waals surface area contributed by atoms with E-state index in [1.54, 1.807) is 25.4 Å². The molecule has 0 radical (unpaired) electrons. The summed E-state index contributed by atoms with van der Waals surface area (Å²) in [5.74, 6) is 0.232. The van der Waals surface area contributed by atoms with Gasteiger partial charge in [0.15, 0.2) is 6.29 Å². The number of aldehydes is 1. The molecule has 0 N–H and O–H groups in total. The first kappa shape index (κ1) is 16.7. The number of rotatable bonds is 4. The molecule has 0 aliphatic carbocycles. The minimum Gasteiger partial charge on any atom is -0.496 e. The number of pyridine rings is 1. The maximum atomic E-state index is 13.8. The van der Waals surface area contributed by atoms with E-state index in [-0.39, 0.29) is 11.1 Å². The van der Waals surface area contributed by atoms with Gasteiger partial charge in [-0.3, -0.25) is 9.59 Å². The zero-order valence-corrected chi connectivity index (χ0v) is 14.0. The van der Waals surface area contributed by atoms with Gasteiger partial charge in [-0.15, -0.1) is 0 Å². The Bertz CT molecular complexity index is 1010. The number of hydrogen-bond acceptors (Lipinski definition) is 4. The Labute approximate surface area is 143 Å². The van der Waals surface area contributed by atoms with E-state index in [4.69, 9.17) is 9.47 Å². The van der Waals surface area contributed by atoms with E-state index >= 15 is 0 Å².